The highest BCUT2D eigenvalue weighted by Gasteiger charge is 2.35. The zero-order valence-corrected chi connectivity index (χ0v) is 9.50. The van der Waals surface area contributed by atoms with Crippen molar-refractivity contribution in [2.45, 2.75) is 21.1 Å². The number of alkyl halides is 3. The fourth-order valence-corrected chi connectivity index (χ4v) is 1.97. The fraction of sp³-hybridized carbons (Fsp3) is 1.00. The van der Waals surface area contributed by atoms with Crippen LogP contribution in [0.15, 0.2) is 0 Å². The molecule has 0 amide bonds. The molecule has 0 aromatic carbocycles. The van der Waals surface area contributed by atoms with Gasteiger partial charge in [-0.2, -0.15) is 0 Å². The van der Waals surface area contributed by atoms with Crippen LogP contribution in [-0.4, -0.2) is 14.9 Å². The smallest absolute Gasteiger partial charge is 0.137 e. The Morgan fingerprint density at radius 2 is 2.11 bits per heavy atom. The van der Waals surface area contributed by atoms with E-state index in [9.17, 15) is 0 Å². The Morgan fingerprint density at radius 3 is 2.44 bits per heavy atom. The summed E-state index contributed by atoms with van der Waals surface area (Å²) in [5.41, 5.74) is 0. The highest BCUT2D eigenvalue weighted by molar-refractivity contribution is 9.26. The van der Waals surface area contributed by atoms with Crippen LogP contribution in [-0.2, 0) is 4.74 Å². The summed E-state index contributed by atoms with van der Waals surface area (Å²) in [6, 6.07) is 0. The average molecular weight is 323 g/mol. The van der Waals surface area contributed by atoms with Gasteiger partial charge in [-0.15, -0.1) is 0 Å². The minimum Gasteiger partial charge on any atom is -0.365 e. The fourth-order valence-electron chi connectivity index (χ4n) is 0.730. The minimum atomic E-state index is -0.0434. The van der Waals surface area contributed by atoms with Crippen molar-refractivity contribution in [3.8, 4) is 0 Å². The van der Waals surface area contributed by atoms with Crippen molar-refractivity contribution in [1.82, 2.24) is 0 Å². The maximum absolute atomic E-state index is 5.32. The van der Waals surface area contributed by atoms with Gasteiger partial charge in [0.2, 0.25) is 0 Å². The highest BCUT2D eigenvalue weighted by Crippen LogP contribution is 2.42. The number of rotatable bonds is 0. The van der Waals surface area contributed by atoms with E-state index in [1.54, 1.807) is 0 Å². The largest absolute Gasteiger partial charge is 0.365 e. The van der Waals surface area contributed by atoms with Gasteiger partial charge in [-0.1, -0.05) is 47.8 Å². The summed E-state index contributed by atoms with van der Waals surface area (Å²) < 4.78 is 5.27. The van der Waals surface area contributed by atoms with E-state index in [4.69, 9.17) is 4.74 Å². The van der Waals surface area contributed by atoms with Crippen LogP contribution in [0.25, 0.3) is 0 Å². The van der Waals surface area contributed by atoms with Crippen LogP contribution in [0.3, 0.4) is 0 Å². The van der Waals surface area contributed by atoms with Crippen molar-refractivity contribution in [2.24, 2.45) is 0 Å². The molecule has 1 aliphatic heterocycles. The molecule has 1 fully saturated rings. The van der Waals surface area contributed by atoms with E-state index >= 15 is 0 Å². The molecule has 1 unspecified atom stereocenters. The van der Waals surface area contributed by atoms with Crippen molar-refractivity contribution < 1.29 is 4.74 Å². The Hall–Kier alpha value is 1.40. The number of hydrogen-bond donors (Lipinski definition) is 0. The summed E-state index contributed by atoms with van der Waals surface area (Å²) in [5, 5.41) is 0.0961. The molecular weight excluding hydrogens is 316 g/mol. The first-order valence-electron chi connectivity index (χ1n) is 2.76. The minimum absolute atomic E-state index is 0.0434. The summed E-state index contributed by atoms with van der Waals surface area (Å²) in [7, 11) is 0. The van der Waals surface area contributed by atoms with Crippen LogP contribution in [0.4, 0.5) is 0 Å². The van der Waals surface area contributed by atoms with Gasteiger partial charge in [0.05, 0.1) is 0 Å². The summed E-state index contributed by atoms with van der Waals surface area (Å²) in [4.78, 5) is 0. The van der Waals surface area contributed by atoms with Crippen molar-refractivity contribution in [2.75, 3.05) is 6.61 Å². The summed E-state index contributed by atoms with van der Waals surface area (Å²) in [6.07, 6.45) is 2.21. The van der Waals surface area contributed by atoms with E-state index in [0.29, 0.717) is 0 Å². The van der Waals surface area contributed by atoms with Crippen molar-refractivity contribution in [1.29, 1.82) is 0 Å². The molecule has 4 heteroatoms. The molecule has 1 atom stereocenters. The molecule has 9 heavy (non-hydrogen) atoms. The van der Waals surface area contributed by atoms with Gasteiger partial charge in [0.25, 0.3) is 0 Å². The van der Waals surface area contributed by atoms with Crippen molar-refractivity contribution in [3.05, 3.63) is 0 Å². The lowest BCUT2D eigenvalue weighted by atomic mass is 10.2. The van der Waals surface area contributed by atoms with Gasteiger partial charge < -0.3 is 4.74 Å². The van der Waals surface area contributed by atoms with Gasteiger partial charge in [0.1, 0.15) is 8.25 Å². The van der Waals surface area contributed by atoms with Gasteiger partial charge in [0.15, 0.2) is 0 Å². The standard InChI is InChI=1S/C5H7Br3O/c6-4-5(7,8)2-1-3-9-4/h4H,1-3H2. The monoisotopic (exact) mass is 320 g/mol. The predicted molar refractivity (Wildman–Crippen MR) is 48.5 cm³/mol. The molecule has 54 valence electrons. The van der Waals surface area contributed by atoms with Crippen LogP contribution in [0.5, 0.6) is 0 Å². The lowest BCUT2D eigenvalue weighted by molar-refractivity contribution is 0.0773. The molecule has 0 aromatic heterocycles. The maximum Gasteiger partial charge on any atom is 0.137 e. The van der Waals surface area contributed by atoms with Crippen LogP contribution in [0.1, 0.15) is 12.8 Å². The third-order valence-electron chi connectivity index (χ3n) is 1.25. The zero-order valence-electron chi connectivity index (χ0n) is 4.74. The molecule has 1 nitrogen and oxygen atoms in total. The van der Waals surface area contributed by atoms with E-state index < -0.39 is 0 Å². The van der Waals surface area contributed by atoms with Crippen LogP contribution < -0.4 is 0 Å². The third-order valence-corrected chi connectivity index (χ3v) is 5.15. The first-order chi connectivity index (χ1) is 4.13. The lowest BCUT2D eigenvalue weighted by Crippen LogP contribution is -2.32. The molecule has 0 saturated carbocycles. The zero-order chi connectivity index (χ0) is 6.91. The molecule has 0 aliphatic carbocycles. The van der Waals surface area contributed by atoms with Crippen molar-refractivity contribution >= 4 is 47.8 Å². The topological polar surface area (TPSA) is 9.23 Å². The van der Waals surface area contributed by atoms with E-state index in [1.807, 2.05) is 0 Å². The quantitative estimate of drug-likeness (QED) is 0.623. The highest BCUT2D eigenvalue weighted by atomic mass is 79.9. The lowest BCUT2D eigenvalue weighted by Gasteiger charge is -2.30. The molecule has 0 bridgehead atoms. The number of ether oxygens (including phenoxy) is 1. The first kappa shape index (κ1) is 8.50. The Labute approximate surface area is 79.9 Å². The summed E-state index contributed by atoms with van der Waals surface area (Å²) in [6.45, 7) is 0.856. The van der Waals surface area contributed by atoms with Gasteiger partial charge in [-0.05, 0) is 12.8 Å². The van der Waals surface area contributed by atoms with E-state index in [0.717, 1.165) is 19.4 Å². The van der Waals surface area contributed by atoms with Crippen LogP contribution in [0, 0.1) is 0 Å². The molecule has 1 aliphatic rings. The average Bonchev–Trinajstić information content (AvgIpc) is 1.77. The van der Waals surface area contributed by atoms with Gasteiger partial charge in [0, 0.05) is 6.61 Å². The van der Waals surface area contributed by atoms with Crippen LogP contribution in [0.2, 0.25) is 0 Å². The second-order valence-corrected chi connectivity index (χ2v) is 6.78. The summed E-state index contributed by atoms with van der Waals surface area (Å²) >= 11 is 10.4. The van der Waals surface area contributed by atoms with Gasteiger partial charge in [-0.3, -0.25) is 0 Å². The van der Waals surface area contributed by atoms with Gasteiger partial charge >= 0.3 is 0 Å². The molecule has 1 heterocycles. The van der Waals surface area contributed by atoms with E-state index in [-0.39, 0.29) is 8.25 Å². The molecule has 0 aromatic rings. The molecule has 0 N–H and O–H groups in total. The first-order valence-corrected chi connectivity index (χ1v) is 5.26. The van der Waals surface area contributed by atoms with Crippen molar-refractivity contribution in [3.63, 3.8) is 0 Å². The van der Waals surface area contributed by atoms with Gasteiger partial charge in [-0.25, -0.2) is 0 Å². The normalized spacial score (nSPS) is 34.3. The Balaban J connectivity index is 2.49. The third kappa shape index (κ3) is 2.17. The molecule has 1 saturated heterocycles. The molecule has 1 rings (SSSR count). The van der Waals surface area contributed by atoms with E-state index in [2.05, 4.69) is 47.8 Å². The second-order valence-electron chi connectivity index (χ2n) is 2.05. The Morgan fingerprint density at radius 1 is 1.44 bits per heavy atom. The SMILES string of the molecule is BrC1OCCCC1(Br)Br. The Kier molecular flexibility index (Phi) is 3.02. The maximum atomic E-state index is 5.32. The predicted octanol–water partition coefficient (Wildman–Crippen LogP) is 3.00. The van der Waals surface area contributed by atoms with E-state index in [1.165, 1.54) is 0 Å². The van der Waals surface area contributed by atoms with Crippen LogP contribution >= 0.6 is 47.8 Å². The molecular formula is C5H7Br3O. The number of halogens is 3. The summed E-state index contributed by atoms with van der Waals surface area (Å²) in [5.74, 6) is 0. The molecule has 0 radical (unpaired) electrons. The Bertz CT molecular complexity index is 104. The second kappa shape index (κ2) is 3.20. The number of hydrogen-bond acceptors (Lipinski definition) is 1. The molecule has 0 spiro atoms.